The van der Waals surface area contributed by atoms with Gasteiger partial charge in [0.1, 0.15) is 11.8 Å². The molecule has 1 N–H and O–H groups in total. The van der Waals surface area contributed by atoms with Crippen molar-refractivity contribution in [2.45, 2.75) is 26.4 Å². The Labute approximate surface area is 187 Å². The minimum absolute atomic E-state index is 0.0452. The summed E-state index contributed by atoms with van der Waals surface area (Å²) in [6, 6.07) is 1.92. The molecule has 33 heavy (non-hydrogen) atoms. The third-order valence-electron chi connectivity index (χ3n) is 5.13. The van der Waals surface area contributed by atoms with Crippen LogP contribution in [0.3, 0.4) is 0 Å². The fourth-order valence-corrected chi connectivity index (χ4v) is 3.47. The molecule has 0 radical (unpaired) electrons. The van der Waals surface area contributed by atoms with Crippen molar-refractivity contribution in [2.75, 3.05) is 49.1 Å². The normalized spacial score (nSPS) is 19.2. The van der Waals surface area contributed by atoms with Crippen LogP contribution in [0.15, 0.2) is 12.1 Å². The Bertz CT molecular complexity index is 893. The summed E-state index contributed by atoms with van der Waals surface area (Å²) in [5, 5.41) is 3.11. The van der Waals surface area contributed by atoms with Crippen molar-refractivity contribution in [1.29, 1.82) is 0 Å². The molecule has 0 bridgehead atoms. The van der Waals surface area contributed by atoms with Crippen LogP contribution in [0.1, 0.15) is 13.8 Å². The highest BCUT2D eigenvalue weighted by molar-refractivity contribution is 5.90. The average molecular weight is 476 g/mol. The molecule has 0 unspecified atom stereocenters. The minimum Gasteiger partial charge on any atom is -0.442 e. The highest BCUT2D eigenvalue weighted by Crippen LogP contribution is 2.31. The number of ether oxygens (including phenoxy) is 1. The number of nitrogens with zero attached hydrogens (tertiary/aromatic N) is 3. The summed E-state index contributed by atoms with van der Waals surface area (Å²) in [5.74, 6) is -3.91. The van der Waals surface area contributed by atoms with E-state index in [-0.39, 0.29) is 62.5 Å². The number of hydroxylamine groups is 2. The van der Waals surface area contributed by atoms with Crippen LogP contribution in [-0.4, -0.2) is 74.8 Å². The number of amides is 3. The van der Waals surface area contributed by atoms with Crippen LogP contribution in [0.5, 0.6) is 0 Å². The lowest BCUT2D eigenvalue weighted by Gasteiger charge is -2.24. The fraction of sp³-hybridized carbons (Fsp3) is 0.550. The van der Waals surface area contributed by atoms with Crippen molar-refractivity contribution in [3.8, 4) is 0 Å². The third-order valence-corrected chi connectivity index (χ3v) is 5.13. The maximum atomic E-state index is 14.9. The zero-order chi connectivity index (χ0) is 24.3. The first-order chi connectivity index (χ1) is 15.6. The molecule has 182 valence electrons. The van der Waals surface area contributed by atoms with Crippen molar-refractivity contribution in [3.05, 3.63) is 23.8 Å². The zero-order valence-electron chi connectivity index (χ0n) is 18.0. The van der Waals surface area contributed by atoms with Gasteiger partial charge in [-0.15, -0.1) is 0 Å². The van der Waals surface area contributed by atoms with Crippen LogP contribution in [0.25, 0.3) is 0 Å². The van der Waals surface area contributed by atoms with Gasteiger partial charge in [-0.25, -0.2) is 18.6 Å². The van der Waals surface area contributed by atoms with Gasteiger partial charge in [-0.1, -0.05) is 13.8 Å². The quantitative estimate of drug-likeness (QED) is 0.631. The molecule has 2 aliphatic rings. The highest BCUT2D eigenvalue weighted by atomic mass is 19.3. The Morgan fingerprint density at radius 2 is 1.82 bits per heavy atom. The number of anilines is 2. The van der Waals surface area contributed by atoms with E-state index in [0.717, 1.165) is 17.0 Å². The second-order valence-corrected chi connectivity index (χ2v) is 7.84. The van der Waals surface area contributed by atoms with Crippen LogP contribution in [0.4, 0.5) is 33.7 Å². The lowest BCUT2D eigenvalue weighted by molar-refractivity contribution is -0.185. The van der Waals surface area contributed by atoms with Crippen LogP contribution in [0, 0.1) is 17.6 Å². The van der Waals surface area contributed by atoms with E-state index in [1.807, 2.05) is 5.32 Å². The van der Waals surface area contributed by atoms with Crippen molar-refractivity contribution in [1.82, 2.24) is 10.4 Å². The van der Waals surface area contributed by atoms with E-state index in [1.165, 1.54) is 9.96 Å². The fourth-order valence-electron chi connectivity index (χ4n) is 3.47. The molecule has 2 heterocycles. The van der Waals surface area contributed by atoms with Crippen LogP contribution >= 0.6 is 0 Å². The lowest BCUT2D eigenvalue weighted by Crippen LogP contribution is -2.37. The molecule has 13 heteroatoms. The van der Waals surface area contributed by atoms with Crippen molar-refractivity contribution in [3.63, 3.8) is 0 Å². The third kappa shape index (κ3) is 5.64. The molecule has 0 spiro atoms. The zero-order valence-corrected chi connectivity index (χ0v) is 18.0. The summed E-state index contributed by atoms with van der Waals surface area (Å²) >= 11 is 0. The Morgan fingerprint density at radius 3 is 2.42 bits per heavy atom. The van der Waals surface area contributed by atoms with Gasteiger partial charge in [0.2, 0.25) is 5.91 Å². The summed E-state index contributed by atoms with van der Waals surface area (Å²) in [6.45, 7) is 3.29. The van der Waals surface area contributed by atoms with Gasteiger partial charge in [-0.3, -0.25) is 19.3 Å². The minimum atomic E-state index is -3.21. The number of carbonyl (C=O) groups excluding carboxylic acids is 3. The van der Waals surface area contributed by atoms with E-state index < -0.39 is 36.2 Å². The molecule has 0 saturated carbocycles. The van der Waals surface area contributed by atoms with E-state index in [4.69, 9.17) is 9.57 Å². The molecule has 2 aliphatic heterocycles. The molecule has 3 rings (SSSR count). The van der Waals surface area contributed by atoms with E-state index in [9.17, 15) is 31.9 Å². The van der Waals surface area contributed by atoms with Gasteiger partial charge in [-0.05, 0) is 0 Å². The van der Waals surface area contributed by atoms with Crippen LogP contribution in [-0.2, 0) is 19.2 Å². The standard InChI is InChI=1S/C20H24F4N4O5/c1-11(2)19(30)28-4-3-26(5-6-32-28)16-14(21)7-12(8-15(16)22)27-10-13(33-20(27)31)9-25-18(29)17(23)24/h7-8,11,13,17H,3-6,9-10H2,1-2H3,(H,25,29)/t13-/m0/s1. The first-order valence-corrected chi connectivity index (χ1v) is 10.3. The maximum Gasteiger partial charge on any atom is 0.414 e. The van der Waals surface area contributed by atoms with Gasteiger partial charge >= 0.3 is 12.5 Å². The van der Waals surface area contributed by atoms with Gasteiger partial charge in [0.05, 0.1) is 31.9 Å². The molecule has 0 aliphatic carbocycles. The monoisotopic (exact) mass is 476 g/mol. The molecule has 9 nitrogen and oxygen atoms in total. The number of halogens is 4. The molecule has 0 aromatic heterocycles. The molecular weight excluding hydrogens is 452 g/mol. The van der Waals surface area contributed by atoms with E-state index in [0.29, 0.717) is 0 Å². The van der Waals surface area contributed by atoms with E-state index in [2.05, 4.69) is 0 Å². The summed E-state index contributed by atoms with van der Waals surface area (Å²) in [4.78, 5) is 43.0. The Morgan fingerprint density at radius 1 is 1.15 bits per heavy atom. The molecule has 1 aromatic rings. The number of rotatable bonds is 6. The van der Waals surface area contributed by atoms with Gasteiger partial charge in [-0.2, -0.15) is 8.78 Å². The second kappa shape index (κ2) is 10.2. The smallest absolute Gasteiger partial charge is 0.414 e. The summed E-state index contributed by atoms with van der Waals surface area (Å²) in [7, 11) is 0. The van der Waals surface area contributed by atoms with Crippen molar-refractivity contribution < 1.29 is 41.5 Å². The van der Waals surface area contributed by atoms with E-state index >= 15 is 0 Å². The van der Waals surface area contributed by atoms with Crippen molar-refractivity contribution in [2.24, 2.45) is 5.92 Å². The molecular formula is C20H24F4N4O5. The average Bonchev–Trinajstić information content (AvgIpc) is 2.96. The molecule has 3 amide bonds. The topological polar surface area (TPSA) is 91.4 Å². The number of nitrogens with one attached hydrogen (secondary N) is 1. The number of cyclic esters (lactones) is 1. The maximum absolute atomic E-state index is 14.9. The van der Waals surface area contributed by atoms with Gasteiger partial charge in [0.25, 0.3) is 5.91 Å². The predicted octanol–water partition coefficient (Wildman–Crippen LogP) is 1.91. The molecule has 1 aromatic carbocycles. The number of alkyl halides is 2. The number of hydrogen-bond donors (Lipinski definition) is 1. The number of benzene rings is 1. The Kier molecular flexibility index (Phi) is 7.61. The summed E-state index contributed by atoms with van der Waals surface area (Å²) in [6.07, 6.45) is -5.10. The lowest BCUT2D eigenvalue weighted by atomic mass is 10.2. The first kappa shape index (κ1) is 24.6. The Balaban J connectivity index is 1.69. The van der Waals surface area contributed by atoms with Gasteiger partial charge in [0, 0.05) is 31.1 Å². The summed E-state index contributed by atoms with van der Waals surface area (Å²) < 4.78 is 59.3. The Hall–Kier alpha value is -3.09. The largest absolute Gasteiger partial charge is 0.442 e. The number of carbonyl (C=O) groups is 3. The van der Waals surface area contributed by atoms with Crippen LogP contribution in [0.2, 0.25) is 0 Å². The highest BCUT2D eigenvalue weighted by Gasteiger charge is 2.34. The van der Waals surface area contributed by atoms with Gasteiger partial charge < -0.3 is 15.0 Å². The summed E-state index contributed by atoms with van der Waals surface area (Å²) in [5.41, 5.74) is -0.446. The van der Waals surface area contributed by atoms with Crippen molar-refractivity contribution >= 4 is 29.3 Å². The first-order valence-electron chi connectivity index (χ1n) is 10.3. The molecule has 2 fully saturated rings. The van der Waals surface area contributed by atoms with Gasteiger partial charge in [0.15, 0.2) is 11.6 Å². The SMILES string of the molecule is CC(C)C(=O)N1CCN(c2c(F)cc(N3C[C@H](CNC(=O)C(F)F)OC3=O)cc2F)CCO1. The molecule has 2 saturated heterocycles. The second-order valence-electron chi connectivity index (χ2n) is 7.84. The molecule has 1 atom stereocenters. The number of hydrogen-bond acceptors (Lipinski definition) is 6. The van der Waals surface area contributed by atoms with E-state index in [1.54, 1.807) is 13.8 Å². The predicted molar refractivity (Wildman–Crippen MR) is 108 cm³/mol. The van der Waals surface area contributed by atoms with Crippen LogP contribution < -0.4 is 15.1 Å².